The van der Waals surface area contributed by atoms with E-state index >= 15 is 0 Å². The van der Waals surface area contributed by atoms with Gasteiger partial charge in [-0.1, -0.05) is 23.9 Å². The molecule has 0 aliphatic rings. The SMILES string of the molecule is CC=C=COC(=O)CC=COC(=O)c1ccccc1. The van der Waals surface area contributed by atoms with Gasteiger partial charge in [0.15, 0.2) is 0 Å². The van der Waals surface area contributed by atoms with Crippen molar-refractivity contribution in [1.82, 2.24) is 0 Å². The highest BCUT2D eigenvalue weighted by Crippen LogP contribution is 2.01. The Bertz CT molecular complexity index is 508. The lowest BCUT2D eigenvalue weighted by Crippen LogP contribution is -2.00. The number of benzene rings is 1. The summed E-state index contributed by atoms with van der Waals surface area (Å²) >= 11 is 0. The molecule has 0 unspecified atom stereocenters. The van der Waals surface area contributed by atoms with Crippen LogP contribution in [-0.2, 0) is 14.3 Å². The molecule has 0 aliphatic heterocycles. The minimum absolute atomic E-state index is 0.0178. The second-order valence-electron chi connectivity index (χ2n) is 3.41. The number of allylic oxidation sites excluding steroid dienone is 1. The molecule has 0 saturated heterocycles. The average Bonchev–Trinajstić information content (AvgIpc) is 2.44. The molecule has 0 amide bonds. The molecule has 4 nitrogen and oxygen atoms in total. The highest BCUT2D eigenvalue weighted by molar-refractivity contribution is 5.89. The molecule has 0 aliphatic carbocycles. The quantitative estimate of drug-likeness (QED) is 0.463. The van der Waals surface area contributed by atoms with Crippen LogP contribution in [0.3, 0.4) is 0 Å². The Hall–Kier alpha value is -2.58. The summed E-state index contributed by atoms with van der Waals surface area (Å²) < 4.78 is 9.52. The summed E-state index contributed by atoms with van der Waals surface area (Å²) in [7, 11) is 0. The summed E-state index contributed by atoms with van der Waals surface area (Å²) in [4.78, 5) is 22.6. The van der Waals surface area contributed by atoms with Crippen molar-refractivity contribution in [3.63, 3.8) is 0 Å². The van der Waals surface area contributed by atoms with Gasteiger partial charge in [0.1, 0.15) is 6.26 Å². The van der Waals surface area contributed by atoms with Crippen LogP contribution in [0.2, 0.25) is 0 Å². The normalized spacial score (nSPS) is 9.53. The lowest BCUT2D eigenvalue weighted by molar-refractivity contribution is -0.137. The summed E-state index contributed by atoms with van der Waals surface area (Å²) in [6.07, 6.45) is 5.39. The molecule has 98 valence electrons. The van der Waals surface area contributed by atoms with E-state index in [0.717, 1.165) is 0 Å². The molecular formula is C15H14O4. The molecule has 1 aromatic rings. The van der Waals surface area contributed by atoms with Crippen LogP contribution < -0.4 is 0 Å². The Kier molecular flexibility index (Phi) is 6.48. The highest BCUT2D eigenvalue weighted by atomic mass is 16.5. The van der Waals surface area contributed by atoms with Crippen molar-refractivity contribution in [3.05, 3.63) is 66.3 Å². The highest BCUT2D eigenvalue weighted by Gasteiger charge is 2.03. The largest absolute Gasteiger partial charge is 0.431 e. The Morgan fingerprint density at radius 3 is 2.63 bits per heavy atom. The van der Waals surface area contributed by atoms with Crippen LogP contribution >= 0.6 is 0 Å². The molecule has 0 saturated carbocycles. The zero-order valence-corrected chi connectivity index (χ0v) is 10.5. The molecule has 0 N–H and O–H groups in total. The molecule has 0 fully saturated rings. The molecule has 4 heteroatoms. The summed E-state index contributed by atoms with van der Waals surface area (Å²) in [6, 6.07) is 8.58. The van der Waals surface area contributed by atoms with E-state index in [0.29, 0.717) is 5.56 Å². The van der Waals surface area contributed by atoms with Crippen molar-refractivity contribution in [1.29, 1.82) is 0 Å². The lowest BCUT2D eigenvalue weighted by atomic mass is 10.2. The van der Waals surface area contributed by atoms with Crippen molar-refractivity contribution in [3.8, 4) is 0 Å². The molecule has 0 radical (unpaired) electrons. The zero-order chi connectivity index (χ0) is 13.9. The summed E-state index contributed by atoms with van der Waals surface area (Å²) in [6.45, 7) is 1.76. The van der Waals surface area contributed by atoms with Crippen LogP contribution in [0.1, 0.15) is 23.7 Å². The monoisotopic (exact) mass is 258 g/mol. The van der Waals surface area contributed by atoms with E-state index in [1.54, 1.807) is 43.3 Å². The van der Waals surface area contributed by atoms with Gasteiger partial charge in [-0.25, -0.2) is 4.79 Å². The van der Waals surface area contributed by atoms with Gasteiger partial charge in [0.05, 0.1) is 18.2 Å². The third-order valence-corrected chi connectivity index (χ3v) is 1.99. The first-order valence-corrected chi connectivity index (χ1v) is 5.70. The predicted molar refractivity (Wildman–Crippen MR) is 70.0 cm³/mol. The van der Waals surface area contributed by atoms with Gasteiger partial charge < -0.3 is 9.47 Å². The van der Waals surface area contributed by atoms with Crippen LogP contribution in [0.25, 0.3) is 0 Å². The number of esters is 2. The topological polar surface area (TPSA) is 52.6 Å². The Balaban J connectivity index is 2.33. The van der Waals surface area contributed by atoms with E-state index < -0.39 is 11.9 Å². The third kappa shape index (κ3) is 6.05. The molecule has 0 atom stereocenters. The van der Waals surface area contributed by atoms with Gasteiger partial charge >= 0.3 is 11.9 Å². The second-order valence-corrected chi connectivity index (χ2v) is 3.41. The van der Waals surface area contributed by atoms with Crippen LogP contribution in [0.5, 0.6) is 0 Å². The first-order valence-electron chi connectivity index (χ1n) is 5.70. The van der Waals surface area contributed by atoms with Gasteiger partial charge in [0.2, 0.25) is 0 Å². The predicted octanol–water partition coefficient (Wildman–Crippen LogP) is 2.98. The van der Waals surface area contributed by atoms with E-state index in [2.05, 4.69) is 10.5 Å². The van der Waals surface area contributed by atoms with Gasteiger partial charge in [-0.3, -0.25) is 4.79 Å². The van der Waals surface area contributed by atoms with Gasteiger partial charge in [0, 0.05) is 0 Å². The van der Waals surface area contributed by atoms with Crippen LogP contribution in [0.15, 0.2) is 60.7 Å². The van der Waals surface area contributed by atoms with E-state index in [-0.39, 0.29) is 6.42 Å². The summed E-state index contributed by atoms with van der Waals surface area (Å²) in [5.74, 6) is -0.930. The maximum Gasteiger partial charge on any atom is 0.342 e. The maximum absolute atomic E-state index is 11.5. The van der Waals surface area contributed by atoms with Gasteiger partial charge in [0.25, 0.3) is 0 Å². The fraction of sp³-hybridized carbons (Fsp3) is 0.133. The molecule has 1 rings (SSSR count). The first kappa shape index (κ1) is 14.5. The number of ether oxygens (including phenoxy) is 2. The molecule has 19 heavy (non-hydrogen) atoms. The fourth-order valence-corrected chi connectivity index (χ4v) is 1.11. The van der Waals surface area contributed by atoms with Crippen LogP contribution in [-0.4, -0.2) is 11.9 Å². The zero-order valence-electron chi connectivity index (χ0n) is 10.5. The van der Waals surface area contributed by atoms with E-state index in [1.807, 2.05) is 0 Å². The smallest absolute Gasteiger partial charge is 0.342 e. The first-order chi connectivity index (χ1) is 9.24. The van der Waals surface area contributed by atoms with Crippen molar-refractivity contribution in [2.45, 2.75) is 13.3 Å². The van der Waals surface area contributed by atoms with Gasteiger partial charge in [-0.05, 0) is 31.2 Å². The molecule has 0 bridgehead atoms. The number of hydrogen-bond donors (Lipinski definition) is 0. The minimum atomic E-state index is -0.473. The maximum atomic E-state index is 11.5. The van der Waals surface area contributed by atoms with Crippen molar-refractivity contribution < 1.29 is 19.1 Å². The number of rotatable bonds is 5. The molecule has 0 heterocycles. The number of hydrogen-bond acceptors (Lipinski definition) is 4. The molecule has 1 aromatic carbocycles. The van der Waals surface area contributed by atoms with E-state index in [4.69, 9.17) is 4.74 Å². The Labute approximate surface area is 111 Å². The van der Waals surface area contributed by atoms with Crippen LogP contribution in [0, 0.1) is 0 Å². The second kappa shape index (κ2) is 8.50. The van der Waals surface area contributed by atoms with Crippen molar-refractivity contribution in [2.75, 3.05) is 0 Å². The van der Waals surface area contributed by atoms with Gasteiger partial charge in [-0.2, -0.15) is 0 Å². The van der Waals surface area contributed by atoms with Gasteiger partial charge in [-0.15, -0.1) is 0 Å². The summed E-state index contributed by atoms with van der Waals surface area (Å²) in [5.41, 5.74) is 3.06. The summed E-state index contributed by atoms with van der Waals surface area (Å²) in [5, 5.41) is 0. The molecule has 0 spiro atoms. The standard InChI is InChI=1S/C15H14O4/c1-2-3-11-18-14(16)10-7-12-19-15(17)13-8-5-4-6-9-13/h2,4-9,11-12H,10H2,1H3. The Morgan fingerprint density at radius 1 is 1.21 bits per heavy atom. The number of carbonyl (C=O) groups is 2. The molecular weight excluding hydrogens is 244 g/mol. The van der Waals surface area contributed by atoms with E-state index in [9.17, 15) is 9.59 Å². The third-order valence-electron chi connectivity index (χ3n) is 1.99. The Morgan fingerprint density at radius 2 is 1.95 bits per heavy atom. The van der Waals surface area contributed by atoms with Crippen molar-refractivity contribution >= 4 is 11.9 Å². The van der Waals surface area contributed by atoms with E-state index in [1.165, 1.54) is 18.6 Å². The lowest BCUT2D eigenvalue weighted by Gasteiger charge is -1.98. The average molecular weight is 258 g/mol. The van der Waals surface area contributed by atoms with Crippen LogP contribution in [0.4, 0.5) is 0 Å². The van der Waals surface area contributed by atoms with Crippen molar-refractivity contribution in [2.24, 2.45) is 0 Å². The number of carbonyl (C=O) groups excluding carboxylic acids is 2. The minimum Gasteiger partial charge on any atom is -0.431 e. The fourth-order valence-electron chi connectivity index (χ4n) is 1.11. The molecule has 0 aromatic heterocycles.